The minimum atomic E-state index is 1.02. The van der Waals surface area contributed by atoms with Gasteiger partial charge < -0.3 is 0 Å². The third-order valence-electron chi connectivity index (χ3n) is 2.31. The summed E-state index contributed by atoms with van der Waals surface area (Å²) < 4.78 is 0. The molecule has 1 rings (SSSR count). The van der Waals surface area contributed by atoms with Gasteiger partial charge in [0.1, 0.15) is 0 Å². The van der Waals surface area contributed by atoms with E-state index in [1.54, 1.807) is 0 Å². The van der Waals surface area contributed by atoms with Crippen molar-refractivity contribution in [3.8, 4) is 0 Å². The molecular formula is C12H18S2. The van der Waals surface area contributed by atoms with Crippen LogP contribution in [-0.4, -0.2) is 5.75 Å². The van der Waals surface area contributed by atoms with E-state index < -0.39 is 0 Å². The Morgan fingerprint density at radius 1 is 0.857 bits per heavy atom. The van der Waals surface area contributed by atoms with E-state index in [-0.39, 0.29) is 0 Å². The summed E-state index contributed by atoms with van der Waals surface area (Å²) in [6.45, 7) is 0. The molecule has 0 spiro atoms. The van der Waals surface area contributed by atoms with Crippen molar-refractivity contribution in [3.05, 3.63) is 29.8 Å². The van der Waals surface area contributed by atoms with Crippen LogP contribution >= 0.6 is 25.3 Å². The molecule has 0 radical (unpaired) electrons. The zero-order valence-corrected chi connectivity index (χ0v) is 10.2. The molecule has 0 atom stereocenters. The van der Waals surface area contributed by atoms with Crippen LogP contribution in [0.15, 0.2) is 29.2 Å². The van der Waals surface area contributed by atoms with Gasteiger partial charge in [-0.3, -0.25) is 0 Å². The molecule has 0 aliphatic rings. The highest BCUT2D eigenvalue weighted by molar-refractivity contribution is 7.80. The SMILES string of the molecule is SCCCCCCc1ccc(S)cc1. The number of thiol groups is 2. The van der Waals surface area contributed by atoms with Crippen LogP contribution in [0.5, 0.6) is 0 Å². The normalized spacial score (nSPS) is 10.4. The van der Waals surface area contributed by atoms with E-state index in [1.807, 2.05) is 0 Å². The van der Waals surface area contributed by atoms with Gasteiger partial charge >= 0.3 is 0 Å². The van der Waals surface area contributed by atoms with Gasteiger partial charge in [-0.1, -0.05) is 25.0 Å². The smallest absolute Gasteiger partial charge is 0.00401 e. The van der Waals surface area contributed by atoms with Gasteiger partial charge in [-0.25, -0.2) is 0 Å². The fourth-order valence-corrected chi connectivity index (χ4v) is 1.83. The number of rotatable bonds is 6. The van der Waals surface area contributed by atoms with Gasteiger partial charge in [0, 0.05) is 4.90 Å². The second kappa shape index (κ2) is 7.24. The first-order chi connectivity index (χ1) is 6.83. The number of hydrogen-bond donors (Lipinski definition) is 2. The van der Waals surface area contributed by atoms with Crippen LogP contribution < -0.4 is 0 Å². The molecule has 0 bridgehead atoms. The Bertz CT molecular complexity index is 241. The fourth-order valence-electron chi connectivity index (χ4n) is 1.46. The molecule has 0 amide bonds. The molecule has 14 heavy (non-hydrogen) atoms. The first kappa shape index (κ1) is 12.0. The van der Waals surface area contributed by atoms with E-state index in [0.717, 1.165) is 10.6 Å². The number of unbranched alkanes of at least 4 members (excludes halogenated alkanes) is 3. The summed E-state index contributed by atoms with van der Waals surface area (Å²) >= 11 is 8.46. The molecule has 0 saturated heterocycles. The summed E-state index contributed by atoms with van der Waals surface area (Å²) in [6, 6.07) is 8.46. The number of hydrogen-bond acceptors (Lipinski definition) is 2. The molecule has 0 aliphatic carbocycles. The Kier molecular flexibility index (Phi) is 6.20. The zero-order chi connectivity index (χ0) is 10.2. The van der Waals surface area contributed by atoms with Crippen molar-refractivity contribution in [2.75, 3.05) is 5.75 Å². The first-order valence-electron chi connectivity index (χ1n) is 5.21. The first-order valence-corrected chi connectivity index (χ1v) is 6.29. The van der Waals surface area contributed by atoms with Gasteiger partial charge in [-0.05, 0) is 42.7 Å². The quantitative estimate of drug-likeness (QED) is 0.531. The zero-order valence-electron chi connectivity index (χ0n) is 8.45. The highest BCUT2D eigenvalue weighted by Crippen LogP contribution is 2.11. The predicted octanol–water partition coefficient (Wildman–Crippen LogP) is 4.01. The molecule has 0 nitrogen and oxygen atoms in total. The second-order valence-electron chi connectivity index (χ2n) is 3.55. The Morgan fingerprint density at radius 3 is 2.14 bits per heavy atom. The Hall–Kier alpha value is -0.0800. The van der Waals surface area contributed by atoms with Gasteiger partial charge in [0.25, 0.3) is 0 Å². The molecule has 1 aromatic carbocycles. The average molecular weight is 226 g/mol. The summed E-state index contributed by atoms with van der Waals surface area (Å²) in [5.41, 5.74) is 1.42. The lowest BCUT2D eigenvalue weighted by Gasteiger charge is -2.01. The molecule has 0 heterocycles. The number of benzene rings is 1. The molecule has 0 fully saturated rings. The summed E-state index contributed by atoms with van der Waals surface area (Å²) in [4.78, 5) is 1.05. The van der Waals surface area contributed by atoms with Crippen molar-refractivity contribution in [1.29, 1.82) is 0 Å². The lowest BCUT2D eigenvalue weighted by molar-refractivity contribution is 0.670. The third kappa shape index (κ3) is 4.97. The standard InChI is InChI=1S/C12H18S2/c13-10-4-2-1-3-5-11-6-8-12(14)9-7-11/h6-9,13-14H,1-5,10H2. The van der Waals surface area contributed by atoms with Crippen LogP contribution in [0.25, 0.3) is 0 Å². The highest BCUT2D eigenvalue weighted by atomic mass is 32.1. The van der Waals surface area contributed by atoms with Crippen LogP contribution in [0.4, 0.5) is 0 Å². The van der Waals surface area contributed by atoms with E-state index in [9.17, 15) is 0 Å². The Balaban J connectivity index is 2.15. The Labute approximate surface area is 97.9 Å². The average Bonchev–Trinajstić information content (AvgIpc) is 2.21. The van der Waals surface area contributed by atoms with Crippen LogP contribution in [0.2, 0.25) is 0 Å². The maximum atomic E-state index is 4.26. The molecule has 1 aromatic rings. The van der Waals surface area contributed by atoms with E-state index >= 15 is 0 Å². The summed E-state index contributed by atoms with van der Waals surface area (Å²) in [5, 5.41) is 0. The van der Waals surface area contributed by atoms with Gasteiger partial charge in [-0.15, -0.1) is 12.6 Å². The van der Waals surface area contributed by atoms with Gasteiger partial charge in [-0.2, -0.15) is 12.6 Å². The second-order valence-corrected chi connectivity index (χ2v) is 4.52. The van der Waals surface area contributed by atoms with Gasteiger partial charge in [0.2, 0.25) is 0 Å². The molecule has 2 heteroatoms. The predicted molar refractivity (Wildman–Crippen MR) is 69.7 cm³/mol. The van der Waals surface area contributed by atoms with E-state index in [0.29, 0.717) is 0 Å². The van der Waals surface area contributed by atoms with Crippen LogP contribution in [0, 0.1) is 0 Å². The monoisotopic (exact) mass is 226 g/mol. The molecule has 0 unspecified atom stereocenters. The van der Waals surface area contributed by atoms with Crippen molar-refractivity contribution in [2.24, 2.45) is 0 Å². The maximum Gasteiger partial charge on any atom is 0.00401 e. The highest BCUT2D eigenvalue weighted by Gasteiger charge is 1.93. The molecule has 0 N–H and O–H groups in total. The minimum Gasteiger partial charge on any atom is -0.179 e. The third-order valence-corrected chi connectivity index (χ3v) is 2.92. The lowest BCUT2D eigenvalue weighted by atomic mass is 10.1. The Morgan fingerprint density at radius 2 is 1.50 bits per heavy atom. The van der Waals surface area contributed by atoms with Crippen molar-refractivity contribution < 1.29 is 0 Å². The topological polar surface area (TPSA) is 0 Å². The molecule has 0 saturated carbocycles. The largest absolute Gasteiger partial charge is 0.179 e. The van der Waals surface area contributed by atoms with Crippen molar-refractivity contribution in [3.63, 3.8) is 0 Å². The lowest BCUT2D eigenvalue weighted by Crippen LogP contribution is -1.86. The molecule has 0 aliphatic heterocycles. The summed E-state index contributed by atoms with van der Waals surface area (Å²) in [6.07, 6.45) is 6.37. The van der Waals surface area contributed by atoms with Crippen LogP contribution in [-0.2, 0) is 6.42 Å². The van der Waals surface area contributed by atoms with Crippen molar-refractivity contribution in [1.82, 2.24) is 0 Å². The van der Waals surface area contributed by atoms with Crippen LogP contribution in [0.3, 0.4) is 0 Å². The van der Waals surface area contributed by atoms with E-state index in [4.69, 9.17) is 0 Å². The number of aryl methyl sites for hydroxylation is 1. The maximum absolute atomic E-state index is 4.26. The van der Waals surface area contributed by atoms with Gasteiger partial charge in [0.05, 0.1) is 0 Å². The van der Waals surface area contributed by atoms with Crippen molar-refractivity contribution in [2.45, 2.75) is 37.0 Å². The van der Waals surface area contributed by atoms with Gasteiger partial charge in [0.15, 0.2) is 0 Å². The van der Waals surface area contributed by atoms with Crippen LogP contribution in [0.1, 0.15) is 31.2 Å². The summed E-state index contributed by atoms with van der Waals surface area (Å²) in [5.74, 6) is 1.02. The molecular weight excluding hydrogens is 208 g/mol. The van der Waals surface area contributed by atoms with Crippen molar-refractivity contribution >= 4 is 25.3 Å². The van der Waals surface area contributed by atoms with E-state index in [1.165, 1.54) is 37.7 Å². The minimum absolute atomic E-state index is 1.02. The molecule has 0 aromatic heterocycles. The summed E-state index contributed by atoms with van der Waals surface area (Å²) in [7, 11) is 0. The van der Waals surface area contributed by atoms with E-state index in [2.05, 4.69) is 49.5 Å². The fraction of sp³-hybridized carbons (Fsp3) is 0.500. The molecule has 78 valence electrons.